The standard InChI is InChI=1S/C73H139N3O11/c1-11-15-17-19-21-23-25-27-29-31-33-35-37-39-41-46-57-82-61-64(83-58-47-42-40-38-36-34-32-30-28-26-24-22-20-18-16-12-2)62-84-69(81)75-55-45-43-44-49-65(77)74-56-48-52-72(9,13-3)86-60-54-73(10,14-4)85-59-53-70(5,6)63-71(7,8)68(80)87-76-66(78)50-51-67(76)79/h50-51,64,78-79H,11-49,52-63H2,1-10H3,(H,74,77)(H,75,81). The molecule has 0 spiro atoms. The second-order valence-electron chi connectivity index (χ2n) is 27.7. The Balaban J connectivity index is 2.34. The second kappa shape index (κ2) is 52.5. The van der Waals surface area contributed by atoms with Crippen molar-refractivity contribution in [3.63, 3.8) is 0 Å². The molecular weight excluding hydrogens is 1090 g/mol. The molecule has 1 rings (SSSR count). The van der Waals surface area contributed by atoms with E-state index in [2.05, 4.69) is 66.0 Å². The molecule has 0 saturated carbocycles. The lowest BCUT2D eigenvalue weighted by Gasteiger charge is -2.36. The molecule has 4 N–H and O–H groups in total. The predicted octanol–water partition coefficient (Wildman–Crippen LogP) is 19.6. The van der Waals surface area contributed by atoms with Gasteiger partial charge in [-0.1, -0.05) is 241 Å². The molecule has 87 heavy (non-hydrogen) atoms. The number of unbranched alkanes of at least 4 members (excludes halogenated alkanes) is 32. The van der Waals surface area contributed by atoms with E-state index in [9.17, 15) is 24.6 Å². The van der Waals surface area contributed by atoms with Gasteiger partial charge in [-0.3, -0.25) is 4.79 Å². The molecular formula is C73H139N3O11. The zero-order valence-electron chi connectivity index (χ0n) is 58.3. The van der Waals surface area contributed by atoms with Crippen LogP contribution < -0.4 is 15.5 Å². The predicted molar refractivity (Wildman–Crippen MR) is 360 cm³/mol. The van der Waals surface area contributed by atoms with Gasteiger partial charge < -0.3 is 49.4 Å². The summed E-state index contributed by atoms with van der Waals surface area (Å²) in [5.74, 6) is -1.20. The molecule has 0 bridgehead atoms. The Hall–Kier alpha value is -3.07. The molecule has 1 aromatic rings. The van der Waals surface area contributed by atoms with Gasteiger partial charge in [-0.05, 0) is 104 Å². The summed E-state index contributed by atoms with van der Waals surface area (Å²) in [5.41, 5.74) is -1.83. The van der Waals surface area contributed by atoms with Crippen LogP contribution in [-0.4, -0.2) is 103 Å². The third-order valence-electron chi connectivity index (χ3n) is 18.0. The summed E-state index contributed by atoms with van der Waals surface area (Å²) in [4.78, 5) is 43.8. The van der Waals surface area contributed by atoms with E-state index in [1.807, 2.05) is 0 Å². The van der Waals surface area contributed by atoms with Crippen molar-refractivity contribution in [2.45, 2.75) is 363 Å². The summed E-state index contributed by atoms with van der Waals surface area (Å²) in [6.07, 6.45) is 50.2. The first-order valence-electron chi connectivity index (χ1n) is 36.3. The first-order valence-corrected chi connectivity index (χ1v) is 36.3. The monoisotopic (exact) mass is 1230 g/mol. The topological polar surface area (TPSA) is 176 Å². The number of alkyl carbamates (subject to hydrolysis) is 1. The molecule has 3 unspecified atom stereocenters. The number of hydrogen-bond donors (Lipinski definition) is 4. The van der Waals surface area contributed by atoms with Crippen molar-refractivity contribution in [1.82, 2.24) is 15.4 Å². The zero-order chi connectivity index (χ0) is 64.2. The summed E-state index contributed by atoms with van der Waals surface area (Å²) >= 11 is 0. The fraction of sp³-hybridized carbons (Fsp3) is 0.904. The third kappa shape index (κ3) is 45.8. The van der Waals surface area contributed by atoms with Crippen molar-refractivity contribution in [2.24, 2.45) is 10.8 Å². The van der Waals surface area contributed by atoms with Crippen molar-refractivity contribution < 1.29 is 53.1 Å². The molecule has 0 aliphatic rings. The molecule has 0 fully saturated rings. The number of ether oxygens (including phenoxy) is 5. The average Bonchev–Trinajstić information content (AvgIpc) is 3.49. The van der Waals surface area contributed by atoms with Gasteiger partial charge >= 0.3 is 12.1 Å². The normalized spacial score (nSPS) is 13.8. The van der Waals surface area contributed by atoms with E-state index in [-0.39, 0.29) is 47.0 Å². The number of aromatic hydroxyl groups is 2. The van der Waals surface area contributed by atoms with Gasteiger partial charge in [0.2, 0.25) is 17.7 Å². The molecule has 2 amide bonds. The van der Waals surface area contributed by atoms with E-state index in [1.165, 1.54) is 198 Å². The lowest BCUT2D eigenvalue weighted by Crippen LogP contribution is -2.38. The summed E-state index contributed by atoms with van der Waals surface area (Å²) < 4.78 is 31.7. The average molecular weight is 1230 g/mol. The van der Waals surface area contributed by atoms with Crippen LogP contribution in [0.4, 0.5) is 4.79 Å². The highest BCUT2D eigenvalue weighted by Crippen LogP contribution is 2.38. The van der Waals surface area contributed by atoms with Crippen molar-refractivity contribution in [3.05, 3.63) is 12.1 Å². The first kappa shape index (κ1) is 81.9. The van der Waals surface area contributed by atoms with Crippen molar-refractivity contribution >= 4 is 18.0 Å². The van der Waals surface area contributed by atoms with E-state index in [1.54, 1.807) is 13.8 Å². The fourth-order valence-electron chi connectivity index (χ4n) is 11.6. The van der Waals surface area contributed by atoms with Gasteiger partial charge in [-0.25, -0.2) is 9.59 Å². The Morgan fingerprint density at radius 3 is 1.36 bits per heavy atom. The minimum Gasteiger partial charge on any atom is -0.492 e. The summed E-state index contributed by atoms with van der Waals surface area (Å²) in [7, 11) is 0. The van der Waals surface area contributed by atoms with Crippen LogP contribution in [0, 0.1) is 10.8 Å². The SMILES string of the molecule is CCCCCCCCCCCCCCCCCCOCC(COC(=O)NCCCCCC(=O)NCCCC(C)(CC)OCCC(C)(CC)OCCC(C)(C)CC(C)(C)C(=O)On1c(O)ccc1O)OCCCCCCCCCCCCCCCCCC. The largest absolute Gasteiger partial charge is 0.492 e. The van der Waals surface area contributed by atoms with Gasteiger partial charge in [0.05, 0.1) is 29.8 Å². The molecule has 0 aliphatic heterocycles. The highest BCUT2D eigenvalue weighted by Gasteiger charge is 2.38. The van der Waals surface area contributed by atoms with E-state index >= 15 is 0 Å². The van der Waals surface area contributed by atoms with E-state index in [0.717, 1.165) is 81.8 Å². The lowest BCUT2D eigenvalue weighted by atomic mass is 9.73. The van der Waals surface area contributed by atoms with Crippen molar-refractivity contribution in [3.8, 4) is 11.8 Å². The van der Waals surface area contributed by atoms with Crippen LogP contribution in [0.2, 0.25) is 0 Å². The van der Waals surface area contributed by atoms with Crippen LogP contribution in [0.25, 0.3) is 0 Å². The zero-order valence-corrected chi connectivity index (χ0v) is 58.3. The highest BCUT2D eigenvalue weighted by molar-refractivity contribution is 5.76. The van der Waals surface area contributed by atoms with Gasteiger partial charge in [0.1, 0.15) is 12.7 Å². The maximum atomic E-state index is 13.0. The summed E-state index contributed by atoms with van der Waals surface area (Å²) in [6, 6.07) is 2.52. The molecule has 1 heterocycles. The molecule has 14 heteroatoms. The number of carbonyl (C=O) groups excluding carboxylic acids is 3. The third-order valence-corrected chi connectivity index (χ3v) is 18.0. The maximum Gasteiger partial charge on any atom is 0.407 e. The van der Waals surface area contributed by atoms with Crippen LogP contribution in [-0.2, 0) is 33.3 Å². The number of nitrogens with zero attached hydrogens (tertiary/aromatic N) is 1. The Morgan fingerprint density at radius 1 is 0.471 bits per heavy atom. The molecule has 0 aromatic carbocycles. The first-order chi connectivity index (χ1) is 41.8. The minimum absolute atomic E-state index is 0.0455. The quantitative estimate of drug-likeness (QED) is 0.0457. The number of nitrogens with one attached hydrogen (secondary N) is 2. The Bertz CT molecular complexity index is 1770. The molecule has 1 aromatic heterocycles. The Morgan fingerprint density at radius 2 is 0.885 bits per heavy atom. The van der Waals surface area contributed by atoms with E-state index in [0.29, 0.717) is 59.0 Å². The van der Waals surface area contributed by atoms with Gasteiger partial charge in [0.25, 0.3) is 0 Å². The molecule has 3 atom stereocenters. The second-order valence-corrected chi connectivity index (χ2v) is 27.7. The molecule has 512 valence electrons. The van der Waals surface area contributed by atoms with Crippen LogP contribution in [0.15, 0.2) is 12.1 Å². The maximum absolute atomic E-state index is 13.0. The van der Waals surface area contributed by atoms with Crippen molar-refractivity contribution in [1.29, 1.82) is 0 Å². The smallest absolute Gasteiger partial charge is 0.407 e. The van der Waals surface area contributed by atoms with Crippen LogP contribution >= 0.6 is 0 Å². The molecule has 14 nitrogen and oxygen atoms in total. The summed E-state index contributed by atoms with van der Waals surface area (Å²) in [5, 5.41) is 25.8. The van der Waals surface area contributed by atoms with Gasteiger partial charge in [-0.15, -0.1) is 4.73 Å². The minimum atomic E-state index is -0.881. The summed E-state index contributed by atoms with van der Waals surface area (Å²) in [6.45, 7) is 25.0. The van der Waals surface area contributed by atoms with Crippen LogP contribution in [0.5, 0.6) is 11.8 Å². The van der Waals surface area contributed by atoms with Gasteiger partial charge in [0.15, 0.2) is 0 Å². The number of carbonyl (C=O) groups is 3. The Labute approximate surface area is 534 Å². The van der Waals surface area contributed by atoms with Crippen LogP contribution in [0.3, 0.4) is 0 Å². The molecule has 0 saturated heterocycles. The number of aromatic nitrogens is 1. The van der Waals surface area contributed by atoms with Crippen molar-refractivity contribution in [2.75, 3.05) is 52.7 Å². The highest BCUT2D eigenvalue weighted by atomic mass is 16.7. The fourth-order valence-corrected chi connectivity index (χ4v) is 11.6. The van der Waals surface area contributed by atoms with E-state index < -0.39 is 17.5 Å². The number of amides is 2. The van der Waals surface area contributed by atoms with Gasteiger partial charge in [-0.2, -0.15) is 0 Å². The number of rotatable bonds is 63. The molecule has 0 aliphatic carbocycles. The Kier molecular flexibility index (Phi) is 49.5. The molecule has 0 radical (unpaired) electrons. The number of hydrogen-bond acceptors (Lipinski definition) is 11. The van der Waals surface area contributed by atoms with Crippen LogP contribution in [0.1, 0.15) is 345 Å². The van der Waals surface area contributed by atoms with E-state index in [4.69, 9.17) is 28.5 Å². The van der Waals surface area contributed by atoms with Gasteiger partial charge in [0, 0.05) is 51.5 Å². The lowest BCUT2D eigenvalue weighted by molar-refractivity contribution is -0.158.